The van der Waals surface area contributed by atoms with Gasteiger partial charge in [0.1, 0.15) is 17.0 Å². The molecule has 4 nitrogen and oxygen atoms in total. The molecule has 0 unspecified atom stereocenters. The van der Waals surface area contributed by atoms with Crippen molar-refractivity contribution in [3.63, 3.8) is 0 Å². The number of fused-ring (bicyclic) bond motifs is 1. The molecule has 25 heavy (non-hydrogen) atoms. The number of para-hydroxylation sites is 1. The van der Waals surface area contributed by atoms with Gasteiger partial charge in [0.2, 0.25) is 0 Å². The Kier molecular flexibility index (Phi) is 3.84. The Bertz CT molecular complexity index is 1010. The number of rotatable bonds is 4. The molecular formula is C20H16FNO3. The molecule has 1 aliphatic rings. The van der Waals surface area contributed by atoms with Crippen LogP contribution in [0.2, 0.25) is 0 Å². The van der Waals surface area contributed by atoms with Crippen molar-refractivity contribution in [2.75, 3.05) is 0 Å². The lowest BCUT2D eigenvalue weighted by Gasteiger charge is -2.22. The van der Waals surface area contributed by atoms with Crippen molar-refractivity contribution >= 4 is 16.9 Å². The Balaban J connectivity index is 1.69. The first-order chi connectivity index (χ1) is 12.1. The number of halogens is 1. The maximum absolute atomic E-state index is 13.4. The molecule has 5 heteroatoms. The topological polar surface area (TPSA) is 50.5 Å². The first kappa shape index (κ1) is 15.6. The molecule has 126 valence electrons. The molecule has 2 aromatic carbocycles. The van der Waals surface area contributed by atoms with Crippen LogP contribution in [0.3, 0.4) is 0 Å². The molecule has 4 rings (SSSR count). The fourth-order valence-electron chi connectivity index (χ4n) is 2.95. The van der Waals surface area contributed by atoms with E-state index in [1.54, 1.807) is 41.3 Å². The molecule has 1 fully saturated rings. The summed E-state index contributed by atoms with van der Waals surface area (Å²) >= 11 is 0. The van der Waals surface area contributed by atoms with E-state index in [4.69, 9.17) is 4.42 Å². The summed E-state index contributed by atoms with van der Waals surface area (Å²) in [5, 5.41) is 0.701. The van der Waals surface area contributed by atoms with Crippen molar-refractivity contribution in [2.24, 2.45) is 0 Å². The predicted octanol–water partition coefficient (Wildman–Crippen LogP) is 3.74. The molecule has 0 spiro atoms. The van der Waals surface area contributed by atoms with Gasteiger partial charge >= 0.3 is 5.63 Å². The van der Waals surface area contributed by atoms with Gasteiger partial charge in [-0.3, -0.25) is 4.79 Å². The van der Waals surface area contributed by atoms with Gasteiger partial charge in [0.05, 0.1) is 0 Å². The molecule has 0 radical (unpaired) electrons. The van der Waals surface area contributed by atoms with Gasteiger partial charge in [-0.15, -0.1) is 0 Å². The molecule has 0 bridgehead atoms. The minimum atomic E-state index is -0.645. The molecule has 1 aliphatic carbocycles. The van der Waals surface area contributed by atoms with Gasteiger partial charge in [0.15, 0.2) is 0 Å². The van der Waals surface area contributed by atoms with Crippen molar-refractivity contribution in [1.82, 2.24) is 4.90 Å². The molecule has 3 aromatic rings. The van der Waals surface area contributed by atoms with E-state index in [1.165, 1.54) is 12.1 Å². The Morgan fingerprint density at radius 2 is 1.92 bits per heavy atom. The third kappa shape index (κ3) is 3.18. The lowest BCUT2D eigenvalue weighted by atomic mass is 10.1. The van der Waals surface area contributed by atoms with Gasteiger partial charge in [-0.2, -0.15) is 0 Å². The van der Waals surface area contributed by atoms with Crippen LogP contribution in [0.15, 0.2) is 63.8 Å². The molecule has 0 atom stereocenters. The van der Waals surface area contributed by atoms with Gasteiger partial charge in [-0.25, -0.2) is 9.18 Å². The number of amides is 1. The molecule has 1 amide bonds. The summed E-state index contributed by atoms with van der Waals surface area (Å²) in [4.78, 5) is 26.8. The minimum absolute atomic E-state index is 0.0157. The SMILES string of the molecule is O=C(c1cc2ccccc2oc1=O)N(Cc1cccc(F)c1)C1CC1. The van der Waals surface area contributed by atoms with Crippen molar-refractivity contribution < 1.29 is 13.6 Å². The van der Waals surface area contributed by atoms with E-state index >= 15 is 0 Å². The molecule has 0 N–H and O–H groups in total. The number of hydrogen-bond donors (Lipinski definition) is 0. The Hall–Kier alpha value is -2.95. The normalized spacial score (nSPS) is 13.8. The van der Waals surface area contributed by atoms with E-state index in [2.05, 4.69) is 0 Å². The van der Waals surface area contributed by atoms with Gasteiger partial charge < -0.3 is 9.32 Å². The zero-order chi connectivity index (χ0) is 17.4. The number of carbonyl (C=O) groups is 1. The average Bonchev–Trinajstić information content (AvgIpc) is 3.43. The quantitative estimate of drug-likeness (QED) is 0.682. The monoisotopic (exact) mass is 337 g/mol. The number of nitrogens with zero attached hydrogens (tertiary/aromatic N) is 1. The van der Waals surface area contributed by atoms with Crippen LogP contribution in [0.5, 0.6) is 0 Å². The van der Waals surface area contributed by atoms with Gasteiger partial charge in [-0.1, -0.05) is 30.3 Å². The van der Waals surface area contributed by atoms with Crippen LogP contribution in [0.4, 0.5) is 4.39 Å². The summed E-state index contributed by atoms with van der Waals surface area (Å²) in [6.07, 6.45) is 1.78. The second-order valence-electron chi connectivity index (χ2n) is 6.28. The van der Waals surface area contributed by atoms with Gasteiger partial charge in [0, 0.05) is 18.0 Å². The summed E-state index contributed by atoms with van der Waals surface area (Å²) in [5.74, 6) is -0.711. The smallest absolute Gasteiger partial charge is 0.349 e. The maximum Gasteiger partial charge on any atom is 0.349 e. The van der Waals surface area contributed by atoms with Gasteiger partial charge in [0.25, 0.3) is 5.91 Å². The summed E-state index contributed by atoms with van der Waals surface area (Å²) in [6, 6.07) is 14.9. The minimum Gasteiger partial charge on any atom is -0.422 e. The Labute approximate surface area is 143 Å². The third-order valence-electron chi connectivity index (χ3n) is 4.36. The van der Waals surface area contributed by atoms with Crippen LogP contribution >= 0.6 is 0 Å². The highest BCUT2D eigenvalue weighted by molar-refractivity contribution is 5.97. The predicted molar refractivity (Wildman–Crippen MR) is 91.8 cm³/mol. The van der Waals surface area contributed by atoms with Crippen LogP contribution < -0.4 is 5.63 Å². The number of benzene rings is 2. The highest BCUT2D eigenvalue weighted by Crippen LogP contribution is 2.30. The molecular weight excluding hydrogens is 321 g/mol. The fraction of sp³-hybridized carbons (Fsp3) is 0.200. The maximum atomic E-state index is 13.4. The molecule has 0 saturated heterocycles. The summed E-state index contributed by atoms with van der Waals surface area (Å²) in [6.45, 7) is 0.271. The Morgan fingerprint density at radius 1 is 1.12 bits per heavy atom. The number of hydrogen-bond acceptors (Lipinski definition) is 3. The third-order valence-corrected chi connectivity index (χ3v) is 4.36. The largest absolute Gasteiger partial charge is 0.422 e. The van der Waals surface area contributed by atoms with E-state index in [1.807, 2.05) is 6.07 Å². The molecule has 0 aliphatic heterocycles. The summed E-state index contributed by atoms with van der Waals surface area (Å²) in [7, 11) is 0. The second kappa shape index (κ2) is 6.16. The van der Waals surface area contributed by atoms with E-state index in [-0.39, 0.29) is 29.9 Å². The van der Waals surface area contributed by atoms with Crippen LogP contribution in [0.25, 0.3) is 11.0 Å². The lowest BCUT2D eigenvalue weighted by Crippen LogP contribution is -2.35. The van der Waals surface area contributed by atoms with E-state index in [9.17, 15) is 14.0 Å². The number of carbonyl (C=O) groups excluding carboxylic acids is 1. The highest BCUT2D eigenvalue weighted by Gasteiger charge is 2.34. The lowest BCUT2D eigenvalue weighted by molar-refractivity contribution is 0.0725. The van der Waals surface area contributed by atoms with Crippen LogP contribution in [0.1, 0.15) is 28.8 Å². The fourth-order valence-corrected chi connectivity index (χ4v) is 2.95. The van der Waals surface area contributed by atoms with Crippen molar-refractivity contribution in [3.8, 4) is 0 Å². The molecule has 1 saturated carbocycles. The average molecular weight is 337 g/mol. The molecule has 1 heterocycles. The van der Waals surface area contributed by atoms with Crippen LogP contribution in [0, 0.1) is 5.82 Å². The zero-order valence-electron chi connectivity index (χ0n) is 13.4. The van der Waals surface area contributed by atoms with Crippen LogP contribution in [-0.4, -0.2) is 16.8 Å². The molecule has 1 aromatic heterocycles. The van der Waals surface area contributed by atoms with Crippen molar-refractivity contribution in [2.45, 2.75) is 25.4 Å². The zero-order valence-corrected chi connectivity index (χ0v) is 13.4. The Morgan fingerprint density at radius 3 is 2.68 bits per heavy atom. The van der Waals surface area contributed by atoms with E-state index in [0.29, 0.717) is 16.5 Å². The van der Waals surface area contributed by atoms with Crippen molar-refractivity contribution in [1.29, 1.82) is 0 Å². The first-order valence-electron chi connectivity index (χ1n) is 8.20. The summed E-state index contributed by atoms with van der Waals surface area (Å²) in [5.41, 5.74) is 0.521. The van der Waals surface area contributed by atoms with Crippen molar-refractivity contribution in [3.05, 3.63) is 82.0 Å². The second-order valence-corrected chi connectivity index (χ2v) is 6.28. The van der Waals surface area contributed by atoms with Gasteiger partial charge in [-0.05, 0) is 42.7 Å². The van der Waals surface area contributed by atoms with E-state index < -0.39 is 5.63 Å². The highest BCUT2D eigenvalue weighted by atomic mass is 19.1. The standard InChI is InChI=1S/C20H16FNO3/c21-15-6-3-4-13(10-15)12-22(16-8-9-16)19(23)17-11-14-5-1-2-7-18(14)25-20(17)24/h1-7,10-11,16H,8-9,12H2. The van der Waals surface area contributed by atoms with E-state index in [0.717, 1.165) is 12.8 Å². The summed E-state index contributed by atoms with van der Waals surface area (Å²) < 4.78 is 18.7. The first-order valence-corrected chi connectivity index (χ1v) is 8.20. The van der Waals surface area contributed by atoms with Crippen LogP contribution in [-0.2, 0) is 6.54 Å².